The monoisotopic (exact) mass is 324 g/mol. The van der Waals surface area contributed by atoms with Gasteiger partial charge in [0.1, 0.15) is 11.5 Å². The van der Waals surface area contributed by atoms with Gasteiger partial charge in [-0.2, -0.15) is 0 Å². The Hall–Kier alpha value is -1.05. The van der Waals surface area contributed by atoms with E-state index < -0.39 is 6.62 Å². The molecular formula is C14H14BrO2P. The van der Waals surface area contributed by atoms with E-state index in [1.807, 2.05) is 24.3 Å². The van der Waals surface area contributed by atoms with Crippen molar-refractivity contribution in [2.24, 2.45) is 0 Å². The fourth-order valence-corrected chi connectivity index (χ4v) is 4.11. The average molecular weight is 325 g/mol. The zero-order valence-corrected chi connectivity index (χ0v) is 12.7. The second-order valence-corrected chi connectivity index (χ2v) is 7.40. The summed E-state index contributed by atoms with van der Waals surface area (Å²) in [5, 5.41) is 2.52. The fraction of sp³-hybridized carbons (Fsp3) is 0.143. The molecule has 0 atom stereocenters. The van der Waals surface area contributed by atoms with Crippen LogP contribution in [0.3, 0.4) is 0 Å². The smallest absolute Gasteiger partial charge is 0.118 e. The van der Waals surface area contributed by atoms with E-state index in [1.165, 1.54) is 10.6 Å². The maximum atomic E-state index is 5.16. The van der Waals surface area contributed by atoms with Gasteiger partial charge >= 0.3 is 0 Å². The van der Waals surface area contributed by atoms with Gasteiger partial charge in [-0.15, -0.1) is 0 Å². The summed E-state index contributed by atoms with van der Waals surface area (Å²) in [4.78, 5) is 0. The molecule has 0 fully saturated rings. The Morgan fingerprint density at radius 1 is 0.722 bits per heavy atom. The van der Waals surface area contributed by atoms with Gasteiger partial charge in [0.25, 0.3) is 0 Å². The molecule has 0 saturated carbocycles. The number of ether oxygens (including phenoxy) is 2. The molecule has 0 aliphatic heterocycles. The Labute approximate surface area is 116 Å². The third kappa shape index (κ3) is 3.04. The van der Waals surface area contributed by atoms with Crippen LogP contribution >= 0.6 is 22.1 Å². The van der Waals surface area contributed by atoms with Crippen molar-refractivity contribution >= 4 is 32.7 Å². The standard InChI is InChI=1S/C14H14BrO2P/c1-16-11-3-7-13(8-4-11)18(15)14-9-5-12(17-2)6-10-14/h3-10H,1-2H3. The van der Waals surface area contributed by atoms with Crippen LogP contribution in [-0.4, -0.2) is 14.2 Å². The van der Waals surface area contributed by atoms with Gasteiger partial charge < -0.3 is 9.47 Å². The van der Waals surface area contributed by atoms with Gasteiger partial charge in [0.2, 0.25) is 0 Å². The molecule has 0 aliphatic carbocycles. The van der Waals surface area contributed by atoms with Crippen molar-refractivity contribution in [1.29, 1.82) is 0 Å². The molecule has 0 bridgehead atoms. The van der Waals surface area contributed by atoms with Crippen molar-refractivity contribution in [1.82, 2.24) is 0 Å². The summed E-state index contributed by atoms with van der Waals surface area (Å²) in [6.07, 6.45) is 0. The van der Waals surface area contributed by atoms with Crippen LogP contribution in [-0.2, 0) is 0 Å². The number of halogens is 1. The van der Waals surface area contributed by atoms with Crippen molar-refractivity contribution < 1.29 is 9.47 Å². The highest BCUT2D eigenvalue weighted by atomic mass is 79.9. The third-order valence-electron chi connectivity index (χ3n) is 2.60. The first-order valence-corrected chi connectivity index (χ1v) is 8.84. The largest absolute Gasteiger partial charge is 0.497 e. The van der Waals surface area contributed by atoms with E-state index >= 15 is 0 Å². The average Bonchev–Trinajstić information content (AvgIpc) is 2.47. The van der Waals surface area contributed by atoms with Gasteiger partial charge in [-0.1, -0.05) is 0 Å². The highest BCUT2D eigenvalue weighted by molar-refractivity contribution is 9.40. The molecule has 2 rings (SSSR count). The first-order valence-electron chi connectivity index (χ1n) is 5.48. The predicted octanol–water partition coefficient (Wildman–Crippen LogP) is 3.45. The molecule has 18 heavy (non-hydrogen) atoms. The van der Waals surface area contributed by atoms with Gasteiger partial charge in [-0.25, -0.2) is 0 Å². The molecule has 2 aromatic rings. The van der Waals surface area contributed by atoms with Crippen LogP contribution in [0.4, 0.5) is 0 Å². The zero-order valence-electron chi connectivity index (χ0n) is 10.3. The topological polar surface area (TPSA) is 18.5 Å². The van der Waals surface area contributed by atoms with Gasteiger partial charge in [0.15, 0.2) is 0 Å². The Morgan fingerprint density at radius 2 is 1.06 bits per heavy atom. The summed E-state index contributed by atoms with van der Waals surface area (Å²) < 4.78 is 10.3. The van der Waals surface area contributed by atoms with Gasteiger partial charge in [0, 0.05) is 6.62 Å². The van der Waals surface area contributed by atoms with Crippen LogP contribution in [0.1, 0.15) is 0 Å². The lowest BCUT2D eigenvalue weighted by Crippen LogP contribution is -2.07. The van der Waals surface area contributed by atoms with E-state index in [9.17, 15) is 0 Å². The minimum Gasteiger partial charge on any atom is -0.497 e. The molecular weight excluding hydrogens is 311 g/mol. The van der Waals surface area contributed by atoms with Crippen molar-refractivity contribution in [3.63, 3.8) is 0 Å². The summed E-state index contributed by atoms with van der Waals surface area (Å²) >= 11 is 3.77. The Bertz CT molecular complexity index is 449. The Balaban J connectivity index is 2.20. The number of hydrogen-bond donors (Lipinski definition) is 0. The van der Waals surface area contributed by atoms with E-state index in [4.69, 9.17) is 9.47 Å². The molecule has 0 saturated heterocycles. The Kier molecular flexibility index (Phi) is 4.62. The molecule has 0 radical (unpaired) electrons. The molecule has 0 amide bonds. The third-order valence-corrected chi connectivity index (χ3v) is 6.56. The lowest BCUT2D eigenvalue weighted by molar-refractivity contribution is 0.415. The first-order chi connectivity index (χ1) is 8.74. The van der Waals surface area contributed by atoms with Crippen LogP contribution in [0, 0.1) is 0 Å². The molecule has 0 spiro atoms. The van der Waals surface area contributed by atoms with E-state index in [-0.39, 0.29) is 0 Å². The second kappa shape index (κ2) is 6.21. The highest BCUT2D eigenvalue weighted by Gasteiger charge is 2.10. The SMILES string of the molecule is COc1ccc(P(Br)c2ccc(OC)cc2)cc1. The number of benzene rings is 2. The molecule has 0 N–H and O–H groups in total. The molecule has 4 heteroatoms. The van der Waals surface area contributed by atoms with Gasteiger partial charge in [-0.3, -0.25) is 0 Å². The van der Waals surface area contributed by atoms with Crippen LogP contribution < -0.4 is 20.1 Å². The maximum Gasteiger partial charge on any atom is 0.118 e. The van der Waals surface area contributed by atoms with Crippen molar-refractivity contribution in [2.45, 2.75) is 0 Å². The van der Waals surface area contributed by atoms with E-state index in [0.717, 1.165) is 11.5 Å². The van der Waals surface area contributed by atoms with Crippen molar-refractivity contribution in [3.05, 3.63) is 48.5 Å². The number of rotatable bonds is 4. The predicted molar refractivity (Wildman–Crippen MR) is 81.1 cm³/mol. The molecule has 0 aliphatic rings. The van der Waals surface area contributed by atoms with Gasteiger partial charge in [0.05, 0.1) is 14.2 Å². The zero-order chi connectivity index (χ0) is 13.0. The van der Waals surface area contributed by atoms with Crippen molar-refractivity contribution in [2.75, 3.05) is 14.2 Å². The molecule has 0 heterocycles. The number of methoxy groups -OCH3 is 2. The minimum atomic E-state index is -0.504. The van der Waals surface area contributed by atoms with Crippen LogP contribution in [0.2, 0.25) is 0 Å². The lowest BCUT2D eigenvalue weighted by Gasteiger charge is -2.12. The van der Waals surface area contributed by atoms with E-state index in [1.54, 1.807) is 14.2 Å². The quantitative estimate of drug-likeness (QED) is 0.802. The Morgan fingerprint density at radius 3 is 1.33 bits per heavy atom. The van der Waals surface area contributed by atoms with E-state index in [0.29, 0.717) is 0 Å². The highest BCUT2D eigenvalue weighted by Crippen LogP contribution is 2.42. The molecule has 0 unspecified atom stereocenters. The summed E-state index contributed by atoms with van der Waals surface area (Å²) in [5.74, 6) is 1.76. The summed E-state index contributed by atoms with van der Waals surface area (Å²) in [6.45, 7) is -0.504. The summed E-state index contributed by atoms with van der Waals surface area (Å²) in [7, 11) is 3.35. The first kappa shape index (κ1) is 13.4. The second-order valence-electron chi connectivity index (χ2n) is 3.68. The number of hydrogen-bond acceptors (Lipinski definition) is 2. The maximum absolute atomic E-state index is 5.16. The van der Waals surface area contributed by atoms with E-state index in [2.05, 4.69) is 39.8 Å². The van der Waals surface area contributed by atoms with Crippen LogP contribution in [0.25, 0.3) is 0 Å². The molecule has 2 nitrogen and oxygen atoms in total. The molecule has 2 aromatic carbocycles. The molecule has 0 aromatic heterocycles. The minimum absolute atomic E-state index is 0.504. The lowest BCUT2D eigenvalue weighted by atomic mass is 10.3. The van der Waals surface area contributed by atoms with Crippen molar-refractivity contribution in [3.8, 4) is 11.5 Å². The van der Waals surface area contributed by atoms with Crippen LogP contribution in [0.5, 0.6) is 11.5 Å². The molecule has 94 valence electrons. The summed E-state index contributed by atoms with van der Waals surface area (Å²) in [5.41, 5.74) is 0. The fourth-order valence-electron chi connectivity index (χ4n) is 1.58. The van der Waals surface area contributed by atoms with Crippen LogP contribution in [0.15, 0.2) is 48.5 Å². The summed E-state index contributed by atoms with van der Waals surface area (Å²) in [6, 6.07) is 16.3. The van der Waals surface area contributed by atoms with Gasteiger partial charge in [-0.05, 0) is 74.6 Å². The normalized spacial score (nSPS) is 10.4.